The van der Waals surface area contributed by atoms with E-state index in [1.807, 2.05) is 32.2 Å². The minimum Gasteiger partial charge on any atom is -0.493 e. The summed E-state index contributed by atoms with van der Waals surface area (Å²) in [7, 11) is 5.12. The molecule has 0 fully saturated rings. The normalized spacial score (nSPS) is 11.2. The van der Waals surface area contributed by atoms with Crippen LogP contribution < -0.4 is 9.47 Å². The Balaban J connectivity index is 1.82. The van der Waals surface area contributed by atoms with E-state index < -0.39 is 0 Å². The fraction of sp³-hybridized carbons (Fsp3) is 0.250. The molecule has 0 spiro atoms. The summed E-state index contributed by atoms with van der Waals surface area (Å²) >= 11 is 1.47. The third kappa shape index (κ3) is 2.43. The van der Waals surface area contributed by atoms with Gasteiger partial charge in [-0.05, 0) is 25.1 Å². The van der Waals surface area contributed by atoms with Crippen LogP contribution >= 0.6 is 11.3 Å². The van der Waals surface area contributed by atoms with E-state index in [0.717, 1.165) is 26.8 Å². The van der Waals surface area contributed by atoms with Crippen molar-refractivity contribution >= 4 is 16.3 Å². The standard InChI is InChI=1S/C16H16N6O2S/c1-9-11(8-17-21(9)2)14-18-19-16-22(14)20-15(25-16)10-5-6-12(23-3)13(7-10)24-4/h5-8H,1-4H3. The summed E-state index contributed by atoms with van der Waals surface area (Å²) in [5.41, 5.74) is 2.86. The Labute approximate surface area is 147 Å². The molecular formula is C16H16N6O2S. The molecule has 0 atom stereocenters. The largest absolute Gasteiger partial charge is 0.493 e. The number of rotatable bonds is 4. The SMILES string of the molecule is COc1ccc(-c2nn3c(-c4cnn(C)c4C)nnc3s2)cc1OC. The Morgan fingerprint density at radius 3 is 2.56 bits per heavy atom. The van der Waals surface area contributed by atoms with Crippen LogP contribution in [0.4, 0.5) is 0 Å². The van der Waals surface area contributed by atoms with Gasteiger partial charge in [0.15, 0.2) is 17.3 Å². The van der Waals surface area contributed by atoms with Crippen molar-refractivity contribution < 1.29 is 9.47 Å². The number of aromatic nitrogens is 6. The van der Waals surface area contributed by atoms with Crippen LogP contribution in [0, 0.1) is 6.92 Å². The number of benzene rings is 1. The van der Waals surface area contributed by atoms with Crippen LogP contribution in [0.25, 0.3) is 26.9 Å². The number of ether oxygens (including phenoxy) is 2. The maximum atomic E-state index is 5.37. The molecule has 3 heterocycles. The van der Waals surface area contributed by atoms with Gasteiger partial charge in [0.1, 0.15) is 5.01 Å². The maximum Gasteiger partial charge on any atom is 0.235 e. The number of nitrogens with zero attached hydrogens (tertiary/aromatic N) is 6. The summed E-state index contributed by atoms with van der Waals surface area (Å²) in [4.78, 5) is 0.725. The first kappa shape index (κ1) is 15.6. The number of hydrogen-bond donors (Lipinski definition) is 0. The first-order valence-electron chi connectivity index (χ1n) is 7.56. The van der Waals surface area contributed by atoms with Crippen LogP contribution in [0.15, 0.2) is 24.4 Å². The highest BCUT2D eigenvalue weighted by Gasteiger charge is 2.18. The predicted molar refractivity (Wildman–Crippen MR) is 94.1 cm³/mol. The molecule has 25 heavy (non-hydrogen) atoms. The Hall–Kier alpha value is -2.94. The molecule has 1 aromatic carbocycles. The van der Waals surface area contributed by atoms with E-state index in [9.17, 15) is 0 Å². The van der Waals surface area contributed by atoms with E-state index in [-0.39, 0.29) is 0 Å². The summed E-state index contributed by atoms with van der Waals surface area (Å²) in [5, 5.41) is 18.3. The van der Waals surface area contributed by atoms with Crippen molar-refractivity contribution in [2.24, 2.45) is 7.05 Å². The van der Waals surface area contributed by atoms with Gasteiger partial charge >= 0.3 is 0 Å². The third-order valence-electron chi connectivity index (χ3n) is 4.10. The van der Waals surface area contributed by atoms with Crippen LogP contribution in [0.1, 0.15) is 5.69 Å². The first-order chi connectivity index (χ1) is 12.1. The van der Waals surface area contributed by atoms with Gasteiger partial charge in [0.05, 0.1) is 26.0 Å². The molecule has 0 aliphatic heterocycles. The molecule has 9 heteroatoms. The van der Waals surface area contributed by atoms with Crippen molar-refractivity contribution in [2.75, 3.05) is 14.2 Å². The quantitative estimate of drug-likeness (QED) is 0.559. The number of hydrogen-bond acceptors (Lipinski definition) is 7. The van der Waals surface area contributed by atoms with Gasteiger partial charge in [-0.15, -0.1) is 10.2 Å². The zero-order chi connectivity index (χ0) is 17.6. The smallest absolute Gasteiger partial charge is 0.235 e. The van der Waals surface area contributed by atoms with E-state index >= 15 is 0 Å². The molecule has 0 unspecified atom stereocenters. The van der Waals surface area contributed by atoms with Crippen molar-refractivity contribution in [2.45, 2.75) is 6.92 Å². The summed E-state index contributed by atoms with van der Waals surface area (Å²) < 4.78 is 14.2. The average molecular weight is 356 g/mol. The Bertz CT molecular complexity index is 1060. The highest BCUT2D eigenvalue weighted by atomic mass is 32.1. The Morgan fingerprint density at radius 2 is 1.88 bits per heavy atom. The summed E-state index contributed by atoms with van der Waals surface area (Å²) in [5.74, 6) is 2.03. The molecule has 0 N–H and O–H groups in total. The lowest BCUT2D eigenvalue weighted by atomic mass is 10.2. The molecular weight excluding hydrogens is 340 g/mol. The van der Waals surface area contributed by atoms with Gasteiger partial charge < -0.3 is 9.47 Å². The minimum atomic E-state index is 0.661. The number of aryl methyl sites for hydroxylation is 1. The van der Waals surface area contributed by atoms with Gasteiger partial charge in [0.25, 0.3) is 0 Å². The van der Waals surface area contributed by atoms with Crippen LogP contribution in [-0.4, -0.2) is 43.8 Å². The lowest BCUT2D eigenvalue weighted by Gasteiger charge is -2.07. The Kier molecular flexibility index (Phi) is 3.65. The van der Waals surface area contributed by atoms with Crippen molar-refractivity contribution in [3.63, 3.8) is 0 Å². The lowest BCUT2D eigenvalue weighted by Crippen LogP contribution is -1.95. The molecule has 3 aromatic heterocycles. The van der Waals surface area contributed by atoms with Crippen molar-refractivity contribution in [3.05, 3.63) is 30.1 Å². The summed E-state index contributed by atoms with van der Waals surface area (Å²) in [6.45, 7) is 1.99. The molecule has 0 radical (unpaired) electrons. The molecule has 0 aliphatic rings. The topological polar surface area (TPSA) is 79.4 Å². The monoisotopic (exact) mass is 356 g/mol. The number of fused-ring (bicyclic) bond motifs is 1. The molecule has 4 rings (SSSR count). The van der Waals surface area contributed by atoms with Crippen molar-refractivity contribution in [3.8, 4) is 33.5 Å². The molecule has 8 nitrogen and oxygen atoms in total. The van der Waals surface area contributed by atoms with E-state index in [1.54, 1.807) is 29.6 Å². The first-order valence-corrected chi connectivity index (χ1v) is 8.37. The van der Waals surface area contributed by atoms with Crippen LogP contribution in [0.2, 0.25) is 0 Å². The van der Waals surface area contributed by atoms with Gasteiger partial charge in [-0.3, -0.25) is 4.68 Å². The van der Waals surface area contributed by atoms with E-state index in [0.29, 0.717) is 17.3 Å². The summed E-state index contributed by atoms with van der Waals surface area (Å²) in [6, 6.07) is 5.71. The summed E-state index contributed by atoms with van der Waals surface area (Å²) in [6.07, 6.45) is 1.78. The highest BCUT2D eigenvalue weighted by Crippen LogP contribution is 2.34. The number of methoxy groups -OCH3 is 2. The van der Waals surface area contributed by atoms with Gasteiger partial charge in [-0.2, -0.15) is 14.7 Å². The van der Waals surface area contributed by atoms with E-state index in [2.05, 4.69) is 20.4 Å². The molecule has 0 saturated heterocycles. The fourth-order valence-electron chi connectivity index (χ4n) is 2.59. The predicted octanol–water partition coefficient (Wildman–Crippen LogP) is 2.58. The average Bonchev–Trinajstić information content (AvgIpc) is 3.30. The molecule has 4 aromatic rings. The van der Waals surface area contributed by atoms with Gasteiger partial charge in [-0.25, -0.2) is 0 Å². The second kappa shape index (κ2) is 5.85. The zero-order valence-electron chi connectivity index (χ0n) is 14.2. The fourth-order valence-corrected chi connectivity index (χ4v) is 3.42. The molecule has 0 amide bonds. The van der Waals surface area contributed by atoms with Gasteiger partial charge in [-0.1, -0.05) is 11.3 Å². The molecule has 0 bridgehead atoms. The third-order valence-corrected chi connectivity index (χ3v) is 5.05. The van der Waals surface area contributed by atoms with Gasteiger partial charge in [0.2, 0.25) is 4.96 Å². The lowest BCUT2D eigenvalue weighted by molar-refractivity contribution is 0.355. The van der Waals surface area contributed by atoms with E-state index in [4.69, 9.17) is 9.47 Å². The van der Waals surface area contributed by atoms with Crippen molar-refractivity contribution in [1.82, 2.24) is 29.6 Å². The molecule has 0 aliphatic carbocycles. The van der Waals surface area contributed by atoms with Crippen LogP contribution in [0.5, 0.6) is 11.5 Å². The second-order valence-electron chi connectivity index (χ2n) is 5.46. The highest BCUT2D eigenvalue weighted by molar-refractivity contribution is 7.19. The van der Waals surface area contributed by atoms with Crippen LogP contribution in [0.3, 0.4) is 0 Å². The van der Waals surface area contributed by atoms with Crippen LogP contribution in [-0.2, 0) is 7.05 Å². The molecule has 128 valence electrons. The minimum absolute atomic E-state index is 0.661. The second-order valence-corrected chi connectivity index (χ2v) is 6.42. The maximum absolute atomic E-state index is 5.37. The van der Waals surface area contributed by atoms with E-state index in [1.165, 1.54) is 11.3 Å². The molecule has 0 saturated carbocycles. The van der Waals surface area contributed by atoms with Crippen molar-refractivity contribution in [1.29, 1.82) is 0 Å². The Morgan fingerprint density at radius 1 is 1.08 bits per heavy atom. The zero-order valence-corrected chi connectivity index (χ0v) is 15.0. The van der Waals surface area contributed by atoms with Gasteiger partial charge in [0, 0.05) is 18.3 Å².